The maximum Gasteiger partial charge on any atom is 0.416 e. The van der Waals surface area contributed by atoms with E-state index < -0.39 is 69.2 Å². The number of benzene rings is 2. The lowest BCUT2D eigenvalue weighted by atomic mass is 9.98. The van der Waals surface area contributed by atoms with Gasteiger partial charge in [0.25, 0.3) is 5.97 Å². The van der Waals surface area contributed by atoms with Crippen LogP contribution >= 0.6 is 0 Å². The number of terminal acetylenes is 1. The molecule has 19 heteroatoms. The van der Waals surface area contributed by atoms with Crippen LogP contribution in [0.15, 0.2) is 48.8 Å². The molecular weight excluding hydrogens is 808 g/mol. The lowest BCUT2D eigenvalue weighted by Crippen LogP contribution is -2.31. The highest BCUT2D eigenvalue weighted by Crippen LogP contribution is 2.40. The Balaban J connectivity index is 0.00000121. The average molecular weight is 857 g/mol. The standard InChI is InChI=1S/C29H31F9N4O3S.C6H12.C2H4O2.C2H2/c1-5-41(6-2)25-8-7-21(27(30,31)32)13-20(25)17-42(26-39-15-24(16-40-26)45-9-10-46(4,43)44)18(3)19-11-22(28(33,34)35)14-23(12-19)29(36,37)38;1-2-4-6-5-3-1;1-2(3)4;1-2/h7-8,11-16,18H,5-6,9-10,17H2,1-4H3;1-6H2;1H3,(H,3,4);1-2H. The molecular formula is C39H49F9N4O5S. The number of carboxylic acid groups (broad SMARTS) is 1. The van der Waals surface area contributed by atoms with Gasteiger partial charge in [-0.3, -0.25) is 4.79 Å². The summed E-state index contributed by atoms with van der Waals surface area (Å²) in [4.78, 5) is 20.2. The van der Waals surface area contributed by atoms with Crippen molar-refractivity contribution in [3.8, 4) is 18.6 Å². The van der Waals surface area contributed by atoms with Crippen LogP contribution in [0.1, 0.15) is 100 Å². The van der Waals surface area contributed by atoms with E-state index in [9.17, 15) is 47.9 Å². The number of anilines is 2. The fraction of sp³-hybridized carbons (Fsp3) is 0.513. The molecule has 1 aliphatic rings. The van der Waals surface area contributed by atoms with Crippen LogP contribution in [-0.4, -0.2) is 61.2 Å². The van der Waals surface area contributed by atoms with Gasteiger partial charge in [0.2, 0.25) is 5.95 Å². The fourth-order valence-corrected chi connectivity index (χ4v) is 6.02. The second-order valence-electron chi connectivity index (χ2n) is 13.0. The van der Waals surface area contributed by atoms with Gasteiger partial charge in [0.1, 0.15) is 6.61 Å². The molecule has 3 aromatic rings. The molecule has 0 radical (unpaired) electrons. The Bertz CT molecular complexity index is 1800. The molecule has 0 amide bonds. The van der Waals surface area contributed by atoms with Crippen LogP contribution in [0.5, 0.6) is 5.75 Å². The zero-order chi connectivity index (χ0) is 44.5. The van der Waals surface area contributed by atoms with E-state index in [1.807, 2.05) is 0 Å². The van der Waals surface area contributed by atoms with Gasteiger partial charge >= 0.3 is 18.5 Å². The summed E-state index contributed by atoms with van der Waals surface area (Å²) in [5.41, 5.74) is -4.18. The molecule has 1 saturated carbocycles. The fourth-order valence-electron chi connectivity index (χ4n) is 5.63. The molecule has 324 valence electrons. The number of aromatic nitrogens is 2. The average Bonchev–Trinajstić information content (AvgIpc) is 3.14. The summed E-state index contributed by atoms with van der Waals surface area (Å²) in [6, 6.07) is 2.71. The number of alkyl halides is 9. The summed E-state index contributed by atoms with van der Waals surface area (Å²) in [5.74, 6) is -1.42. The molecule has 2 aromatic carbocycles. The number of hydrogen-bond acceptors (Lipinski definition) is 8. The van der Waals surface area contributed by atoms with Crippen LogP contribution in [0.25, 0.3) is 0 Å². The van der Waals surface area contributed by atoms with Gasteiger partial charge < -0.3 is 19.6 Å². The third kappa shape index (κ3) is 17.8. The zero-order valence-corrected chi connectivity index (χ0v) is 33.6. The molecule has 4 rings (SSSR count). The Kier molecular flexibility index (Phi) is 20.3. The number of ether oxygens (including phenoxy) is 1. The van der Waals surface area contributed by atoms with Crippen LogP contribution in [0, 0.1) is 12.8 Å². The number of halogens is 9. The quantitative estimate of drug-likeness (QED) is 0.141. The van der Waals surface area contributed by atoms with Crippen molar-refractivity contribution in [1.29, 1.82) is 0 Å². The number of aliphatic carboxylic acids is 1. The zero-order valence-electron chi connectivity index (χ0n) is 32.8. The molecule has 1 fully saturated rings. The minimum Gasteiger partial charge on any atom is -0.489 e. The normalized spacial score (nSPS) is 13.6. The van der Waals surface area contributed by atoms with Crippen LogP contribution in [0.4, 0.5) is 51.1 Å². The lowest BCUT2D eigenvalue weighted by Gasteiger charge is -2.33. The van der Waals surface area contributed by atoms with E-state index >= 15 is 0 Å². The van der Waals surface area contributed by atoms with Crippen molar-refractivity contribution in [2.24, 2.45) is 0 Å². The largest absolute Gasteiger partial charge is 0.489 e. The monoisotopic (exact) mass is 856 g/mol. The second-order valence-corrected chi connectivity index (χ2v) is 15.3. The Morgan fingerprint density at radius 1 is 0.810 bits per heavy atom. The van der Waals surface area contributed by atoms with Gasteiger partial charge in [-0.15, -0.1) is 12.8 Å². The summed E-state index contributed by atoms with van der Waals surface area (Å²) in [6.45, 7) is 5.93. The molecule has 0 bridgehead atoms. The molecule has 1 unspecified atom stereocenters. The number of nitrogens with zero attached hydrogens (tertiary/aromatic N) is 4. The molecule has 9 nitrogen and oxygen atoms in total. The lowest BCUT2D eigenvalue weighted by molar-refractivity contribution is -0.143. The number of carbonyl (C=O) groups is 1. The van der Waals surface area contributed by atoms with E-state index in [1.54, 1.807) is 18.7 Å². The SMILES string of the molecule is C#C.C1CCCCC1.CC(=O)O.CCN(CC)c1ccc(C(F)(F)F)cc1CN(c1ncc(OCCS(C)(=O)=O)cn1)C(C)c1cc(C(F)(F)F)cc(C(F)(F)F)c1. The molecule has 1 N–H and O–H groups in total. The van der Waals surface area contributed by atoms with Crippen molar-refractivity contribution in [2.45, 2.75) is 97.3 Å². The molecule has 1 heterocycles. The maximum atomic E-state index is 13.8. The van der Waals surface area contributed by atoms with Crippen molar-refractivity contribution in [3.63, 3.8) is 0 Å². The third-order valence-electron chi connectivity index (χ3n) is 8.51. The summed E-state index contributed by atoms with van der Waals surface area (Å²) in [7, 11) is -3.37. The second kappa shape index (κ2) is 23.0. The van der Waals surface area contributed by atoms with Gasteiger partial charge in [-0.05, 0) is 68.3 Å². The predicted molar refractivity (Wildman–Crippen MR) is 204 cm³/mol. The molecule has 0 spiro atoms. The van der Waals surface area contributed by atoms with Crippen molar-refractivity contribution >= 4 is 27.4 Å². The number of sulfone groups is 1. The number of hydrogen-bond donors (Lipinski definition) is 1. The van der Waals surface area contributed by atoms with E-state index in [0.29, 0.717) is 30.9 Å². The van der Waals surface area contributed by atoms with E-state index in [0.717, 1.165) is 37.7 Å². The topological polar surface area (TPSA) is 113 Å². The minimum absolute atomic E-state index is 0.00123. The Morgan fingerprint density at radius 2 is 1.24 bits per heavy atom. The van der Waals surface area contributed by atoms with E-state index in [4.69, 9.17) is 14.6 Å². The van der Waals surface area contributed by atoms with Crippen molar-refractivity contribution < 1.29 is 62.6 Å². The highest BCUT2D eigenvalue weighted by Gasteiger charge is 2.38. The van der Waals surface area contributed by atoms with Crippen LogP contribution in [0.3, 0.4) is 0 Å². The Labute approximate surface area is 333 Å². The summed E-state index contributed by atoms with van der Waals surface area (Å²) in [5, 5.41) is 7.42. The predicted octanol–water partition coefficient (Wildman–Crippen LogP) is 10.3. The highest BCUT2D eigenvalue weighted by molar-refractivity contribution is 7.90. The number of carboxylic acids is 1. The molecule has 0 saturated heterocycles. The van der Waals surface area contributed by atoms with Crippen LogP contribution in [0.2, 0.25) is 0 Å². The minimum atomic E-state index is -5.14. The highest BCUT2D eigenvalue weighted by atomic mass is 32.2. The molecule has 58 heavy (non-hydrogen) atoms. The van der Waals surface area contributed by atoms with Gasteiger partial charge in [0.05, 0.1) is 40.9 Å². The van der Waals surface area contributed by atoms with Crippen LogP contribution < -0.4 is 14.5 Å². The van der Waals surface area contributed by atoms with Gasteiger partial charge in [0.15, 0.2) is 15.6 Å². The van der Waals surface area contributed by atoms with E-state index in [1.165, 1.54) is 56.4 Å². The third-order valence-corrected chi connectivity index (χ3v) is 9.41. The smallest absolute Gasteiger partial charge is 0.416 e. The van der Waals surface area contributed by atoms with Crippen molar-refractivity contribution in [1.82, 2.24) is 9.97 Å². The Hall–Kier alpha value is -4.73. The molecule has 1 atom stereocenters. The van der Waals surface area contributed by atoms with E-state index in [2.05, 4.69) is 22.8 Å². The first-order chi connectivity index (χ1) is 26.9. The summed E-state index contributed by atoms with van der Waals surface area (Å²) >= 11 is 0. The van der Waals surface area contributed by atoms with Gasteiger partial charge in [-0.2, -0.15) is 39.5 Å². The number of rotatable bonds is 12. The summed E-state index contributed by atoms with van der Waals surface area (Å²) in [6.07, 6.45) is 5.17. The van der Waals surface area contributed by atoms with Gasteiger partial charge in [-0.1, -0.05) is 38.5 Å². The van der Waals surface area contributed by atoms with Gasteiger partial charge in [-0.25, -0.2) is 18.4 Å². The first-order valence-electron chi connectivity index (χ1n) is 18.0. The van der Waals surface area contributed by atoms with Crippen LogP contribution in [-0.2, 0) is 39.7 Å². The Morgan fingerprint density at radius 3 is 1.62 bits per heavy atom. The first kappa shape index (κ1) is 51.3. The van der Waals surface area contributed by atoms with Gasteiger partial charge in [0, 0.05) is 38.5 Å². The molecule has 1 aliphatic carbocycles. The van der Waals surface area contributed by atoms with E-state index in [-0.39, 0.29) is 35.7 Å². The van der Waals surface area contributed by atoms with Crippen molar-refractivity contribution in [2.75, 3.05) is 41.5 Å². The molecule has 0 aliphatic heterocycles. The molecule has 1 aromatic heterocycles. The summed E-state index contributed by atoms with van der Waals surface area (Å²) < 4.78 is 152. The maximum absolute atomic E-state index is 13.8. The first-order valence-corrected chi connectivity index (χ1v) is 20.1. The van der Waals surface area contributed by atoms with Crippen molar-refractivity contribution in [3.05, 3.63) is 76.6 Å².